The van der Waals surface area contributed by atoms with E-state index in [0.29, 0.717) is 11.8 Å². The number of carbonyl (C=O) groups is 1. The molecule has 2 unspecified atom stereocenters. The van der Waals surface area contributed by atoms with Crippen LogP contribution in [0.2, 0.25) is 0 Å². The summed E-state index contributed by atoms with van der Waals surface area (Å²) in [6, 6.07) is 0.0572. The average molecular weight is 226 g/mol. The van der Waals surface area contributed by atoms with Crippen LogP contribution in [0, 0.1) is 5.92 Å². The van der Waals surface area contributed by atoms with Gasteiger partial charge in [0.2, 0.25) is 5.91 Å². The first-order valence-corrected chi connectivity index (χ1v) is 6.66. The van der Waals surface area contributed by atoms with Crippen molar-refractivity contribution < 1.29 is 4.79 Å². The molecular weight excluding hydrogens is 200 g/mol. The lowest BCUT2D eigenvalue weighted by Gasteiger charge is -2.22. The molecule has 94 valence electrons. The topological polar surface area (TPSA) is 32.3 Å². The Bertz CT molecular complexity index is 228. The fourth-order valence-corrected chi connectivity index (χ4v) is 2.32. The van der Waals surface area contributed by atoms with Crippen LogP contribution in [0.15, 0.2) is 0 Å². The van der Waals surface area contributed by atoms with E-state index < -0.39 is 0 Å². The Balaban J connectivity index is 2.58. The summed E-state index contributed by atoms with van der Waals surface area (Å²) >= 11 is 0. The zero-order valence-corrected chi connectivity index (χ0v) is 11.1. The second-order valence-electron chi connectivity index (χ2n) is 5.16. The van der Waals surface area contributed by atoms with Crippen molar-refractivity contribution in [3.05, 3.63) is 0 Å². The van der Waals surface area contributed by atoms with E-state index in [2.05, 4.69) is 33.0 Å². The van der Waals surface area contributed by atoms with Crippen molar-refractivity contribution in [2.75, 3.05) is 6.54 Å². The van der Waals surface area contributed by atoms with Crippen LogP contribution in [0.25, 0.3) is 0 Å². The molecule has 0 aromatic carbocycles. The second-order valence-corrected chi connectivity index (χ2v) is 5.16. The number of hydrogen-bond acceptors (Lipinski definition) is 2. The highest BCUT2D eigenvalue weighted by molar-refractivity contribution is 5.84. The first-order valence-electron chi connectivity index (χ1n) is 6.66. The van der Waals surface area contributed by atoms with E-state index in [1.54, 1.807) is 0 Å². The zero-order valence-electron chi connectivity index (χ0n) is 11.1. The fourth-order valence-electron chi connectivity index (χ4n) is 2.32. The molecule has 0 radical (unpaired) electrons. The van der Waals surface area contributed by atoms with Crippen LogP contribution in [-0.4, -0.2) is 29.6 Å². The predicted molar refractivity (Wildman–Crippen MR) is 67.1 cm³/mol. The summed E-state index contributed by atoms with van der Waals surface area (Å²) in [5, 5.41) is 3.46. The SMILES string of the molecule is CCCCN1C(=O)C(CC(C)C)NC1CC. The van der Waals surface area contributed by atoms with Gasteiger partial charge < -0.3 is 4.90 Å². The third-order valence-electron chi connectivity index (χ3n) is 3.20. The molecule has 1 aliphatic heterocycles. The normalized spacial score (nSPS) is 25.8. The molecule has 1 amide bonds. The van der Waals surface area contributed by atoms with Gasteiger partial charge in [0.05, 0.1) is 12.2 Å². The first kappa shape index (κ1) is 13.5. The Labute approximate surface area is 99.6 Å². The standard InChI is InChI=1S/C13H26N2O/c1-5-7-8-15-12(6-2)14-11(13(15)16)9-10(3)4/h10-12,14H,5-9H2,1-4H3. The third kappa shape index (κ3) is 3.21. The van der Waals surface area contributed by atoms with Crippen molar-refractivity contribution in [2.45, 2.75) is 65.6 Å². The Kier molecular flexibility index (Phi) is 5.26. The monoisotopic (exact) mass is 226 g/mol. The van der Waals surface area contributed by atoms with E-state index in [4.69, 9.17) is 0 Å². The molecule has 0 saturated carbocycles. The van der Waals surface area contributed by atoms with E-state index in [1.165, 1.54) is 0 Å². The van der Waals surface area contributed by atoms with E-state index in [0.717, 1.165) is 32.2 Å². The molecule has 3 nitrogen and oxygen atoms in total. The van der Waals surface area contributed by atoms with Crippen molar-refractivity contribution in [3.8, 4) is 0 Å². The number of rotatable bonds is 6. The summed E-state index contributed by atoms with van der Waals surface area (Å²) in [7, 11) is 0. The number of nitrogens with one attached hydrogen (secondary N) is 1. The minimum atomic E-state index is 0.0572. The second kappa shape index (κ2) is 6.24. The predicted octanol–water partition coefficient (Wildman–Crippen LogP) is 2.37. The molecule has 0 aromatic rings. The first-order chi connectivity index (χ1) is 7.60. The summed E-state index contributed by atoms with van der Waals surface area (Å²) in [5.41, 5.74) is 0. The van der Waals surface area contributed by atoms with Crippen LogP contribution in [0.5, 0.6) is 0 Å². The number of carbonyl (C=O) groups excluding carboxylic acids is 1. The minimum Gasteiger partial charge on any atom is -0.326 e. The van der Waals surface area contributed by atoms with Crippen LogP contribution >= 0.6 is 0 Å². The number of nitrogens with zero attached hydrogens (tertiary/aromatic N) is 1. The van der Waals surface area contributed by atoms with Gasteiger partial charge in [0.15, 0.2) is 0 Å². The Morgan fingerprint density at radius 3 is 2.56 bits per heavy atom. The Morgan fingerprint density at radius 2 is 2.06 bits per heavy atom. The van der Waals surface area contributed by atoms with Gasteiger partial charge in [-0.25, -0.2) is 0 Å². The van der Waals surface area contributed by atoms with E-state index >= 15 is 0 Å². The van der Waals surface area contributed by atoms with Gasteiger partial charge in [0.1, 0.15) is 0 Å². The van der Waals surface area contributed by atoms with Gasteiger partial charge in [-0.2, -0.15) is 0 Å². The maximum atomic E-state index is 12.2. The highest BCUT2D eigenvalue weighted by Gasteiger charge is 2.37. The molecule has 1 fully saturated rings. The molecule has 0 bridgehead atoms. The van der Waals surface area contributed by atoms with E-state index in [-0.39, 0.29) is 12.2 Å². The fraction of sp³-hybridized carbons (Fsp3) is 0.923. The van der Waals surface area contributed by atoms with Gasteiger partial charge in [-0.1, -0.05) is 34.1 Å². The lowest BCUT2D eigenvalue weighted by molar-refractivity contribution is -0.130. The Hall–Kier alpha value is -0.570. The molecule has 1 rings (SSSR count). The van der Waals surface area contributed by atoms with Gasteiger partial charge in [-0.15, -0.1) is 0 Å². The summed E-state index contributed by atoms with van der Waals surface area (Å²) < 4.78 is 0. The van der Waals surface area contributed by atoms with Gasteiger partial charge in [-0.3, -0.25) is 10.1 Å². The van der Waals surface area contributed by atoms with Gasteiger partial charge in [0.25, 0.3) is 0 Å². The molecule has 3 heteroatoms. The summed E-state index contributed by atoms with van der Waals surface area (Å²) in [6.45, 7) is 9.56. The van der Waals surface area contributed by atoms with Crippen LogP contribution in [0.1, 0.15) is 53.4 Å². The Morgan fingerprint density at radius 1 is 1.38 bits per heavy atom. The molecule has 16 heavy (non-hydrogen) atoms. The maximum absolute atomic E-state index is 12.2. The lowest BCUT2D eigenvalue weighted by atomic mass is 10.0. The summed E-state index contributed by atoms with van der Waals surface area (Å²) in [6.07, 6.45) is 4.48. The van der Waals surface area contributed by atoms with Crippen LogP contribution in [0.3, 0.4) is 0 Å². The van der Waals surface area contributed by atoms with Crippen LogP contribution in [-0.2, 0) is 4.79 Å². The molecule has 1 N–H and O–H groups in total. The summed E-state index contributed by atoms with van der Waals surface area (Å²) in [4.78, 5) is 14.2. The molecular formula is C13H26N2O. The van der Waals surface area contributed by atoms with Crippen molar-refractivity contribution in [3.63, 3.8) is 0 Å². The molecule has 2 atom stereocenters. The maximum Gasteiger partial charge on any atom is 0.241 e. The van der Waals surface area contributed by atoms with Crippen molar-refractivity contribution in [1.29, 1.82) is 0 Å². The smallest absolute Gasteiger partial charge is 0.241 e. The minimum absolute atomic E-state index is 0.0572. The van der Waals surface area contributed by atoms with Crippen molar-refractivity contribution >= 4 is 5.91 Å². The van der Waals surface area contributed by atoms with Gasteiger partial charge in [-0.05, 0) is 25.2 Å². The van der Waals surface area contributed by atoms with Crippen molar-refractivity contribution in [1.82, 2.24) is 10.2 Å². The lowest BCUT2D eigenvalue weighted by Crippen LogP contribution is -2.37. The molecule has 0 aliphatic carbocycles. The van der Waals surface area contributed by atoms with E-state index in [1.807, 2.05) is 4.90 Å². The molecule has 1 heterocycles. The van der Waals surface area contributed by atoms with Gasteiger partial charge >= 0.3 is 0 Å². The largest absolute Gasteiger partial charge is 0.326 e. The highest BCUT2D eigenvalue weighted by Crippen LogP contribution is 2.19. The van der Waals surface area contributed by atoms with Crippen LogP contribution < -0.4 is 5.32 Å². The van der Waals surface area contributed by atoms with E-state index in [9.17, 15) is 4.79 Å². The third-order valence-corrected chi connectivity index (χ3v) is 3.20. The number of amides is 1. The molecule has 1 aliphatic rings. The average Bonchev–Trinajstić information content (AvgIpc) is 2.52. The number of unbranched alkanes of at least 4 members (excludes halogenated alkanes) is 1. The number of hydrogen-bond donors (Lipinski definition) is 1. The van der Waals surface area contributed by atoms with Gasteiger partial charge in [0, 0.05) is 6.54 Å². The summed E-state index contributed by atoms with van der Waals surface area (Å²) in [5.74, 6) is 0.888. The zero-order chi connectivity index (χ0) is 12.1. The molecule has 0 spiro atoms. The molecule has 0 aromatic heterocycles. The highest BCUT2D eigenvalue weighted by atomic mass is 16.2. The quantitative estimate of drug-likeness (QED) is 0.754. The van der Waals surface area contributed by atoms with Crippen molar-refractivity contribution in [2.24, 2.45) is 5.92 Å². The van der Waals surface area contributed by atoms with Crippen LogP contribution in [0.4, 0.5) is 0 Å². The molecule has 1 saturated heterocycles.